The van der Waals surface area contributed by atoms with E-state index in [0.29, 0.717) is 6.04 Å². The molecule has 0 unspecified atom stereocenters. The monoisotopic (exact) mass is 287 g/mol. The molecule has 0 aromatic heterocycles. The number of hydrogen-bond acceptors (Lipinski definition) is 1. The van der Waals surface area contributed by atoms with E-state index >= 15 is 0 Å². The van der Waals surface area contributed by atoms with E-state index in [1.807, 2.05) is 0 Å². The zero-order chi connectivity index (χ0) is 14.9. The van der Waals surface area contributed by atoms with Crippen molar-refractivity contribution in [3.05, 3.63) is 35.4 Å². The smallest absolute Gasteiger partial charge is 0.00392 e. The second-order valence-corrected chi connectivity index (χ2v) is 6.87. The topological polar surface area (TPSA) is 26.0 Å². The molecule has 1 aromatic carbocycles. The first-order valence-electron chi connectivity index (χ1n) is 9.14. The summed E-state index contributed by atoms with van der Waals surface area (Å²) < 4.78 is 0. The van der Waals surface area contributed by atoms with Crippen molar-refractivity contribution in [2.24, 2.45) is 5.73 Å². The fourth-order valence-corrected chi connectivity index (χ4v) is 3.52. The maximum atomic E-state index is 6.00. The lowest BCUT2D eigenvalue weighted by atomic mass is 9.82. The van der Waals surface area contributed by atoms with E-state index in [0.717, 1.165) is 5.92 Å². The summed E-state index contributed by atoms with van der Waals surface area (Å²) in [5.74, 6) is 0.757. The van der Waals surface area contributed by atoms with Crippen molar-refractivity contribution >= 4 is 0 Å². The molecular weight excluding hydrogens is 254 g/mol. The first-order chi connectivity index (χ1) is 10.3. The Kier molecular flexibility index (Phi) is 7.29. The van der Waals surface area contributed by atoms with Gasteiger partial charge in [0, 0.05) is 6.04 Å². The van der Waals surface area contributed by atoms with Gasteiger partial charge in [-0.25, -0.2) is 0 Å². The Labute approximate surface area is 131 Å². The zero-order valence-corrected chi connectivity index (χ0v) is 13.8. The van der Waals surface area contributed by atoms with Gasteiger partial charge in [0.15, 0.2) is 0 Å². The van der Waals surface area contributed by atoms with Crippen LogP contribution in [-0.2, 0) is 6.42 Å². The highest BCUT2D eigenvalue weighted by Crippen LogP contribution is 2.32. The number of nitrogens with two attached hydrogens (primary N) is 1. The second kappa shape index (κ2) is 9.25. The van der Waals surface area contributed by atoms with Crippen LogP contribution in [0.25, 0.3) is 0 Å². The largest absolute Gasteiger partial charge is 0.328 e. The van der Waals surface area contributed by atoms with E-state index in [2.05, 4.69) is 31.2 Å². The summed E-state index contributed by atoms with van der Waals surface area (Å²) >= 11 is 0. The standard InChI is InChI=1S/C20H33N/c1-2-3-4-5-6-7-8-17-9-11-18(12-10-17)19-13-15-20(21)16-14-19/h9-12,19-20H,2-8,13-16,21H2,1H3. The van der Waals surface area contributed by atoms with Crippen LogP contribution in [-0.4, -0.2) is 6.04 Å². The molecule has 1 nitrogen and oxygen atoms in total. The van der Waals surface area contributed by atoms with Gasteiger partial charge in [-0.15, -0.1) is 0 Å². The number of rotatable bonds is 8. The molecule has 0 radical (unpaired) electrons. The van der Waals surface area contributed by atoms with Crippen LogP contribution in [0.3, 0.4) is 0 Å². The number of aryl methyl sites for hydroxylation is 1. The van der Waals surface area contributed by atoms with Gasteiger partial charge in [-0.1, -0.05) is 63.3 Å². The highest BCUT2D eigenvalue weighted by molar-refractivity contribution is 5.26. The van der Waals surface area contributed by atoms with Gasteiger partial charge in [0.1, 0.15) is 0 Å². The Bertz CT molecular complexity index is 373. The molecule has 1 aromatic rings. The molecule has 21 heavy (non-hydrogen) atoms. The second-order valence-electron chi connectivity index (χ2n) is 6.87. The highest BCUT2D eigenvalue weighted by atomic mass is 14.6. The van der Waals surface area contributed by atoms with Crippen molar-refractivity contribution in [1.82, 2.24) is 0 Å². The predicted molar refractivity (Wildman–Crippen MR) is 92.7 cm³/mol. The molecule has 118 valence electrons. The molecule has 1 aliphatic rings. The maximum absolute atomic E-state index is 6.00. The minimum absolute atomic E-state index is 0.452. The minimum Gasteiger partial charge on any atom is -0.328 e. The third kappa shape index (κ3) is 5.82. The first kappa shape index (κ1) is 16.5. The average Bonchev–Trinajstić information content (AvgIpc) is 2.52. The van der Waals surface area contributed by atoms with Gasteiger partial charge in [-0.3, -0.25) is 0 Å². The Balaban J connectivity index is 1.69. The molecule has 2 N–H and O–H groups in total. The molecule has 0 saturated heterocycles. The fourth-order valence-electron chi connectivity index (χ4n) is 3.52. The third-order valence-electron chi connectivity index (χ3n) is 5.04. The molecule has 0 amide bonds. The molecule has 0 spiro atoms. The van der Waals surface area contributed by atoms with E-state index in [1.165, 1.54) is 81.8 Å². The molecular formula is C20H33N. The van der Waals surface area contributed by atoms with Crippen LogP contribution in [0.1, 0.15) is 88.2 Å². The summed E-state index contributed by atoms with van der Waals surface area (Å²) in [6, 6.07) is 9.90. The summed E-state index contributed by atoms with van der Waals surface area (Å²) in [7, 11) is 0. The molecule has 1 fully saturated rings. The predicted octanol–water partition coefficient (Wildman–Crippen LogP) is 5.57. The van der Waals surface area contributed by atoms with E-state index in [-0.39, 0.29) is 0 Å². The van der Waals surface area contributed by atoms with Gasteiger partial charge < -0.3 is 5.73 Å². The summed E-state index contributed by atoms with van der Waals surface area (Å²) in [6.45, 7) is 2.28. The van der Waals surface area contributed by atoms with Crippen LogP contribution in [0.2, 0.25) is 0 Å². The molecule has 0 bridgehead atoms. The van der Waals surface area contributed by atoms with E-state index in [1.54, 1.807) is 0 Å². The lowest BCUT2D eigenvalue weighted by Gasteiger charge is -2.26. The van der Waals surface area contributed by atoms with Crippen LogP contribution in [0.5, 0.6) is 0 Å². The van der Waals surface area contributed by atoms with Gasteiger partial charge in [0.2, 0.25) is 0 Å². The van der Waals surface area contributed by atoms with Crippen LogP contribution in [0.4, 0.5) is 0 Å². The van der Waals surface area contributed by atoms with Crippen LogP contribution < -0.4 is 5.73 Å². The Morgan fingerprint density at radius 2 is 1.48 bits per heavy atom. The SMILES string of the molecule is CCCCCCCCc1ccc(C2CCC(N)CC2)cc1. The molecule has 0 atom stereocenters. The summed E-state index contributed by atoms with van der Waals surface area (Å²) in [6.07, 6.45) is 14.5. The Morgan fingerprint density at radius 3 is 2.14 bits per heavy atom. The number of unbranched alkanes of at least 4 members (excludes halogenated alkanes) is 5. The zero-order valence-electron chi connectivity index (χ0n) is 13.8. The average molecular weight is 287 g/mol. The quantitative estimate of drug-likeness (QED) is 0.621. The third-order valence-corrected chi connectivity index (χ3v) is 5.04. The Morgan fingerprint density at radius 1 is 0.857 bits per heavy atom. The van der Waals surface area contributed by atoms with Gasteiger partial charge >= 0.3 is 0 Å². The highest BCUT2D eigenvalue weighted by Gasteiger charge is 2.19. The van der Waals surface area contributed by atoms with Crippen molar-refractivity contribution in [1.29, 1.82) is 0 Å². The van der Waals surface area contributed by atoms with Crippen molar-refractivity contribution in [3.63, 3.8) is 0 Å². The van der Waals surface area contributed by atoms with Crippen molar-refractivity contribution < 1.29 is 0 Å². The van der Waals surface area contributed by atoms with Crippen molar-refractivity contribution in [2.45, 2.75) is 89.5 Å². The fraction of sp³-hybridized carbons (Fsp3) is 0.700. The van der Waals surface area contributed by atoms with Gasteiger partial charge in [-0.05, 0) is 55.6 Å². The summed E-state index contributed by atoms with van der Waals surface area (Å²) in [5, 5.41) is 0. The molecule has 0 aliphatic heterocycles. The summed E-state index contributed by atoms with van der Waals surface area (Å²) in [5.41, 5.74) is 9.05. The normalized spacial score (nSPS) is 22.4. The van der Waals surface area contributed by atoms with E-state index in [4.69, 9.17) is 5.73 Å². The van der Waals surface area contributed by atoms with Crippen LogP contribution >= 0.6 is 0 Å². The van der Waals surface area contributed by atoms with Crippen LogP contribution in [0.15, 0.2) is 24.3 Å². The Hall–Kier alpha value is -0.820. The number of hydrogen-bond donors (Lipinski definition) is 1. The van der Waals surface area contributed by atoms with Gasteiger partial charge in [0.05, 0.1) is 0 Å². The van der Waals surface area contributed by atoms with Crippen LogP contribution in [0, 0.1) is 0 Å². The summed E-state index contributed by atoms with van der Waals surface area (Å²) in [4.78, 5) is 0. The minimum atomic E-state index is 0.452. The molecule has 0 heterocycles. The lowest BCUT2D eigenvalue weighted by molar-refractivity contribution is 0.395. The lowest BCUT2D eigenvalue weighted by Crippen LogP contribution is -2.25. The van der Waals surface area contributed by atoms with Gasteiger partial charge in [-0.2, -0.15) is 0 Å². The molecule has 1 saturated carbocycles. The van der Waals surface area contributed by atoms with Gasteiger partial charge in [0.25, 0.3) is 0 Å². The maximum Gasteiger partial charge on any atom is 0.00392 e. The first-order valence-corrected chi connectivity index (χ1v) is 9.14. The molecule has 1 heteroatoms. The van der Waals surface area contributed by atoms with E-state index < -0.39 is 0 Å². The molecule has 2 rings (SSSR count). The van der Waals surface area contributed by atoms with Crippen molar-refractivity contribution in [3.8, 4) is 0 Å². The van der Waals surface area contributed by atoms with Crippen molar-refractivity contribution in [2.75, 3.05) is 0 Å². The van der Waals surface area contributed by atoms with E-state index in [9.17, 15) is 0 Å². The number of benzene rings is 1. The molecule has 1 aliphatic carbocycles.